The van der Waals surface area contributed by atoms with E-state index in [-0.39, 0.29) is 6.04 Å². The second kappa shape index (κ2) is 5.29. The lowest BCUT2D eigenvalue weighted by Gasteiger charge is -2.16. The second-order valence-corrected chi connectivity index (χ2v) is 4.59. The maximum absolute atomic E-state index is 5.65. The normalized spacial score (nSPS) is 12.7. The summed E-state index contributed by atoms with van der Waals surface area (Å²) >= 11 is 0. The molecule has 1 atom stereocenters. The maximum atomic E-state index is 5.65. The van der Waals surface area contributed by atoms with Crippen LogP contribution in [0.4, 0.5) is 0 Å². The number of aryl methyl sites for hydroxylation is 3. The van der Waals surface area contributed by atoms with Crippen LogP contribution in [-0.4, -0.2) is 14.8 Å². The van der Waals surface area contributed by atoms with Crippen LogP contribution in [-0.2, 0) is 13.5 Å². The molecule has 0 saturated heterocycles. The molecule has 0 radical (unpaired) electrons. The number of nitrogens with one attached hydrogen (secondary N) is 1. The van der Waals surface area contributed by atoms with E-state index in [9.17, 15) is 0 Å². The van der Waals surface area contributed by atoms with Crippen molar-refractivity contribution in [1.82, 2.24) is 20.2 Å². The first kappa shape index (κ1) is 12.7. The van der Waals surface area contributed by atoms with Crippen LogP contribution in [0.15, 0.2) is 24.4 Å². The first-order chi connectivity index (χ1) is 8.58. The summed E-state index contributed by atoms with van der Waals surface area (Å²) in [7, 11) is 1.91. The van der Waals surface area contributed by atoms with Gasteiger partial charge in [-0.2, -0.15) is 5.10 Å². The Morgan fingerprint density at radius 2 is 2.00 bits per heavy atom. The minimum atomic E-state index is 0.0558. The Morgan fingerprint density at radius 3 is 2.50 bits per heavy atom. The van der Waals surface area contributed by atoms with Gasteiger partial charge in [0.05, 0.1) is 11.7 Å². The van der Waals surface area contributed by atoms with Crippen molar-refractivity contribution in [2.24, 2.45) is 12.9 Å². The molecule has 0 bridgehead atoms. The summed E-state index contributed by atoms with van der Waals surface area (Å²) in [5, 5.41) is 4.37. The van der Waals surface area contributed by atoms with Gasteiger partial charge in [-0.25, -0.2) is 0 Å². The summed E-state index contributed by atoms with van der Waals surface area (Å²) in [6.45, 7) is 3.98. The standard InChI is InChI=1S/C13H19N5/c1-9-6-11(7-10(2)15-9)13(16-14)8-12-4-5-18(3)17-12/h4-7,13,16H,8,14H2,1-3H3. The zero-order valence-electron chi connectivity index (χ0n) is 11.0. The van der Waals surface area contributed by atoms with Crippen LogP contribution < -0.4 is 11.3 Å². The first-order valence-corrected chi connectivity index (χ1v) is 5.98. The van der Waals surface area contributed by atoms with Gasteiger partial charge >= 0.3 is 0 Å². The quantitative estimate of drug-likeness (QED) is 0.627. The van der Waals surface area contributed by atoms with Crippen molar-refractivity contribution in [2.45, 2.75) is 26.3 Å². The molecule has 96 valence electrons. The molecule has 2 aromatic rings. The van der Waals surface area contributed by atoms with Gasteiger partial charge in [0, 0.05) is 31.1 Å². The molecular formula is C13H19N5. The van der Waals surface area contributed by atoms with Gasteiger partial charge in [-0.3, -0.25) is 20.9 Å². The molecule has 0 aliphatic heterocycles. The Hall–Kier alpha value is -1.72. The second-order valence-electron chi connectivity index (χ2n) is 4.59. The van der Waals surface area contributed by atoms with Crippen LogP contribution in [0.2, 0.25) is 0 Å². The molecule has 0 aromatic carbocycles. The Bertz CT molecular complexity index is 512. The maximum Gasteiger partial charge on any atom is 0.0643 e. The van der Waals surface area contributed by atoms with E-state index in [0.717, 1.165) is 29.1 Å². The Balaban J connectivity index is 2.22. The summed E-state index contributed by atoms with van der Waals surface area (Å²) in [5.74, 6) is 5.65. The first-order valence-electron chi connectivity index (χ1n) is 5.98. The fourth-order valence-corrected chi connectivity index (χ4v) is 2.12. The van der Waals surface area contributed by atoms with Crippen molar-refractivity contribution < 1.29 is 0 Å². The number of hydrogen-bond donors (Lipinski definition) is 2. The third-order valence-electron chi connectivity index (χ3n) is 2.89. The van der Waals surface area contributed by atoms with Crippen LogP contribution in [0.3, 0.4) is 0 Å². The summed E-state index contributed by atoms with van der Waals surface area (Å²) in [5.41, 5.74) is 7.03. The van der Waals surface area contributed by atoms with Gasteiger partial charge in [0.15, 0.2) is 0 Å². The van der Waals surface area contributed by atoms with Crippen molar-refractivity contribution >= 4 is 0 Å². The number of nitrogens with two attached hydrogens (primary N) is 1. The summed E-state index contributed by atoms with van der Waals surface area (Å²) in [6.07, 6.45) is 2.70. The van der Waals surface area contributed by atoms with E-state index in [1.54, 1.807) is 4.68 Å². The molecule has 0 aliphatic rings. The number of nitrogens with zero attached hydrogens (tertiary/aromatic N) is 3. The van der Waals surface area contributed by atoms with E-state index < -0.39 is 0 Å². The average Bonchev–Trinajstić information content (AvgIpc) is 2.70. The van der Waals surface area contributed by atoms with Gasteiger partial charge in [-0.1, -0.05) is 0 Å². The molecule has 2 heterocycles. The van der Waals surface area contributed by atoms with E-state index in [2.05, 4.69) is 27.6 Å². The fourth-order valence-electron chi connectivity index (χ4n) is 2.12. The molecule has 5 heteroatoms. The van der Waals surface area contributed by atoms with Gasteiger partial charge in [-0.05, 0) is 37.6 Å². The Morgan fingerprint density at radius 1 is 1.33 bits per heavy atom. The number of hydrogen-bond acceptors (Lipinski definition) is 4. The number of pyridine rings is 1. The Labute approximate surface area is 107 Å². The van der Waals surface area contributed by atoms with Gasteiger partial charge in [0.1, 0.15) is 0 Å². The van der Waals surface area contributed by atoms with E-state index in [1.807, 2.05) is 33.2 Å². The lowest BCUT2D eigenvalue weighted by atomic mass is 10.0. The third kappa shape index (κ3) is 2.94. The summed E-state index contributed by atoms with van der Waals surface area (Å²) < 4.78 is 1.80. The molecule has 2 aromatic heterocycles. The summed E-state index contributed by atoms with van der Waals surface area (Å²) in [6, 6.07) is 6.17. The minimum absolute atomic E-state index is 0.0558. The molecule has 2 rings (SSSR count). The van der Waals surface area contributed by atoms with Crippen LogP contribution in [0, 0.1) is 13.8 Å². The highest BCUT2D eigenvalue weighted by atomic mass is 15.3. The van der Waals surface area contributed by atoms with Gasteiger partial charge < -0.3 is 0 Å². The molecule has 0 aliphatic carbocycles. The van der Waals surface area contributed by atoms with Crippen LogP contribution in [0.1, 0.15) is 28.7 Å². The molecule has 0 amide bonds. The van der Waals surface area contributed by atoms with Gasteiger partial charge in [0.25, 0.3) is 0 Å². The van der Waals surface area contributed by atoms with E-state index in [0.29, 0.717) is 0 Å². The Kier molecular flexibility index (Phi) is 3.74. The fraction of sp³-hybridized carbons (Fsp3) is 0.385. The van der Waals surface area contributed by atoms with Crippen LogP contribution in [0.5, 0.6) is 0 Å². The third-order valence-corrected chi connectivity index (χ3v) is 2.89. The topological polar surface area (TPSA) is 68.8 Å². The van der Waals surface area contributed by atoms with Crippen LogP contribution >= 0.6 is 0 Å². The van der Waals surface area contributed by atoms with E-state index >= 15 is 0 Å². The largest absolute Gasteiger partial charge is 0.276 e. The van der Waals surface area contributed by atoms with Gasteiger partial charge in [0.2, 0.25) is 0 Å². The lowest BCUT2D eigenvalue weighted by Crippen LogP contribution is -2.30. The smallest absolute Gasteiger partial charge is 0.0643 e. The molecule has 18 heavy (non-hydrogen) atoms. The van der Waals surface area contributed by atoms with Crippen molar-refractivity contribution in [3.05, 3.63) is 47.0 Å². The molecule has 0 fully saturated rings. The highest BCUT2D eigenvalue weighted by Crippen LogP contribution is 2.18. The molecule has 0 saturated carbocycles. The van der Waals surface area contributed by atoms with E-state index in [1.165, 1.54) is 0 Å². The van der Waals surface area contributed by atoms with Crippen molar-refractivity contribution in [3.63, 3.8) is 0 Å². The molecule has 5 nitrogen and oxygen atoms in total. The number of hydrazine groups is 1. The highest BCUT2D eigenvalue weighted by molar-refractivity contribution is 5.24. The number of aromatic nitrogens is 3. The van der Waals surface area contributed by atoms with Crippen molar-refractivity contribution in [3.8, 4) is 0 Å². The predicted octanol–water partition coefficient (Wildman–Crippen LogP) is 1.18. The number of rotatable bonds is 4. The molecule has 0 spiro atoms. The highest BCUT2D eigenvalue weighted by Gasteiger charge is 2.13. The van der Waals surface area contributed by atoms with E-state index in [4.69, 9.17) is 5.84 Å². The molecular weight excluding hydrogens is 226 g/mol. The SMILES string of the molecule is Cc1cc(C(Cc2ccn(C)n2)NN)cc(C)n1. The van der Waals surface area contributed by atoms with Crippen molar-refractivity contribution in [2.75, 3.05) is 0 Å². The molecule has 3 N–H and O–H groups in total. The lowest BCUT2D eigenvalue weighted by molar-refractivity contribution is 0.540. The average molecular weight is 245 g/mol. The van der Waals surface area contributed by atoms with Gasteiger partial charge in [-0.15, -0.1) is 0 Å². The molecule has 1 unspecified atom stereocenters. The summed E-state index contributed by atoms with van der Waals surface area (Å²) in [4.78, 5) is 4.37. The zero-order valence-corrected chi connectivity index (χ0v) is 11.0. The predicted molar refractivity (Wildman–Crippen MR) is 70.7 cm³/mol. The zero-order chi connectivity index (χ0) is 13.1. The van der Waals surface area contributed by atoms with Crippen LogP contribution in [0.25, 0.3) is 0 Å². The minimum Gasteiger partial charge on any atom is -0.276 e. The monoisotopic (exact) mass is 245 g/mol. The van der Waals surface area contributed by atoms with Crippen molar-refractivity contribution in [1.29, 1.82) is 0 Å².